The molecule has 2 aromatic rings. The van der Waals surface area contributed by atoms with Gasteiger partial charge in [-0.05, 0) is 43.3 Å². The van der Waals surface area contributed by atoms with Gasteiger partial charge in [-0.15, -0.1) is 0 Å². The summed E-state index contributed by atoms with van der Waals surface area (Å²) < 4.78 is 28.4. The first kappa shape index (κ1) is 14.6. The van der Waals surface area contributed by atoms with Crippen LogP contribution in [0.1, 0.15) is 15.9 Å². The van der Waals surface area contributed by atoms with E-state index in [0.29, 0.717) is 5.02 Å². The summed E-state index contributed by atoms with van der Waals surface area (Å²) in [6, 6.07) is 11.8. The summed E-state index contributed by atoms with van der Waals surface area (Å²) in [4.78, 5) is 11.7. The third-order valence-corrected chi connectivity index (χ3v) is 4.05. The summed E-state index contributed by atoms with van der Waals surface area (Å²) in [7, 11) is -4.12. The first-order chi connectivity index (χ1) is 9.38. The largest absolute Gasteiger partial charge is 0.354 e. The van der Waals surface area contributed by atoms with Crippen LogP contribution in [0.5, 0.6) is 0 Å². The smallest absolute Gasteiger partial charge is 0.338 e. The zero-order valence-electron chi connectivity index (χ0n) is 10.5. The highest BCUT2D eigenvalue weighted by Gasteiger charge is 2.21. The molecule has 0 atom stereocenters. The topological polar surface area (TPSA) is 60.4 Å². The van der Waals surface area contributed by atoms with E-state index in [0.717, 1.165) is 5.56 Å². The molecule has 0 unspecified atom stereocenters. The third-order valence-electron chi connectivity index (χ3n) is 2.57. The first-order valence-corrected chi connectivity index (χ1v) is 7.48. The number of carbonyl (C=O) groups is 1. The molecule has 0 fully saturated rings. The number of carbonyl (C=O) groups excluding carboxylic acids is 1. The second-order valence-corrected chi connectivity index (χ2v) is 6.13. The second kappa shape index (κ2) is 5.64. The van der Waals surface area contributed by atoms with Crippen molar-refractivity contribution in [2.45, 2.75) is 11.8 Å². The number of halogens is 1. The van der Waals surface area contributed by atoms with Crippen molar-refractivity contribution in [2.75, 3.05) is 0 Å². The Morgan fingerprint density at radius 3 is 2.10 bits per heavy atom. The van der Waals surface area contributed by atoms with Gasteiger partial charge in [-0.1, -0.05) is 29.3 Å². The number of hydrogen-bond donors (Lipinski definition) is 0. The van der Waals surface area contributed by atoms with Gasteiger partial charge >= 0.3 is 16.1 Å². The van der Waals surface area contributed by atoms with Gasteiger partial charge < -0.3 is 4.18 Å². The van der Waals surface area contributed by atoms with E-state index in [-0.39, 0.29) is 10.5 Å². The van der Waals surface area contributed by atoms with Gasteiger partial charge in [-0.2, -0.15) is 8.42 Å². The quantitative estimate of drug-likeness (QED) is 0.817. The Kier molecular flexibility index (Phi) is 4.11. The molecule has 0 aliphatic carbocycles. The van der Waals surface area contributed by atoms with Crippen LogP contribution >= 0.6 is 11.6 Å². The van der Waals surface area contributed by atoms with E-state index < -0.39 is 16.1 Å². The Balaban J connectivity index is 2.22. The van der Waals surface area contributed by atoms with E-state index in [1.54, 1.807) is 12.1 Å². The van der Waals surface area contributed by atoms with Gasteiger partial charge in [0, 0.05) is 5.02 Å². The molecule has 0 saturated carbocycles. The van der Waals surface area contributed by atoms with Crippen LogP contribution in [0.2, 0.25) is 5.02 Å². The molecule has 0 radical (unpaired) electrons. The lowest BCUT2D eigenvalue weighted by molar-refractivity contribution is 0.0746. The highest BCUT2D eigenvalue weighted by atomic mass is 35.5. The number of benzene rings is 2. The molecule has 0 bridgehead atoms. The lowest BCUT2D eigenvalue weighted by Gasteiger charge is -2.06. The summed E-state index contributed by atoms with van der Waals surface area (Å²) >= 11 is 5.69. The summed E-state index contributed by atoms with van der Waals surface area (Å²) in [6.07, 6.45) is 0. The Bertz CT molecular complexity index is 719. The van der Waals surface area contributed by atoms with Crippen molar-refractivity contribution in [3.05, 3.63) is 64.7 Å². The van der Waals surface area contributed by atoms with Gasteiger partial charge in [0.05, 0.1) is 5.56 Å². The molecule has 0 spiro atoms. The average Bonchev–Trinajstić information content (AvgIpc) is 2.39. The maximum Gasteiger partial charge on any atom is 0.354 e. The zero-order valence-corrected chi connectivity index (χ0v) is 12.1. The Hall–Kier alpha value is -1.85. The molecule has 0 heterocycles. The molecule has 0 aromatic heterocycles. The Labute approximate surface area is 122 Å². The van der Waals surface area contributed by atoms with E-state index in [1.807, 2.05) is 6.92 Å². The fourth-order valence-electron chi connectivity index (χ4n) is 1.49. The van der Waals surface area contributed by atoms with Gasteiger partial charge in [0.15, 0.2) is 0 Å². The van der Waals surface area contributed by atoms with E-state index in [4.69, 9.17) is 11.6 Å². The summed E-state index contributed by atoms with van der Waals surface area (Å²) in [5.74, 6) is -0.942. The molecule has 2 aromatic carbocycles. The molecule has 6 heteroatoms. The maximum atomic E-state index is 11.9. The number of aryl methyl sites for hydroxylation is 1. The van der Waals surface area contributed by atoms with Gasteiger partial charge in [-0.25, -0.2) is 4.79 Å². The van der Waals surface area contributed by atoms with E-state index in [9.17, 15) is 13.2 Å². The first-order valence-electron chi connectivity index (χ1n) is 5.69. The molecule has 0 aliphatic heterocycles. The molecule has 20 heavy (non-hydrogen) atoms. The van der Waals surface area contributed by atoms with Crippen LogP contribution in [0, 0.1) is 6.92 Å². The normalized spacial score (nSPS) is 11.1. The van der Waals surface area contributed by atoms with Crippen molar-refractivity contribution in [1.82, 2.24) is 0 Å². The number of rotatable bonds is 3. The van der Waals surface area contributed by atoms with Crippen LogP contribution in [-0.4, -0.2) is 14.4 Å². The van der Waals surface area contributed by atoms with Crippen LogP contribution < -0.4 is 0 Å². The average molecular weight is 311 g/mol. The summed E-state index contributed by atoms with van der Waals surface area (Å²) in [5, 5.41) is 0.447. The molecule has 0 aliphatic rings. The van der Waals surface area contributed by atoms with Crippen LogP contribution in [0.3, 0.4) is 0 Å². The SMILES string of the molecule is Cc1ccc(S(=O)(=O)OC(=O)c2ccc(Cl)cc2)cc1. The van der Waals surface area contributed by atoms with Crippen molar-refractivity contribution in [3.8, 4) is 0 Å². The predicted octanol–water partition coefficient (Wildman–Crippen LogP) is 3.19. The fourth-order valence-corrected chi connectivity index (χ4v) is 2.47. The fraction of sp³-hybridized carbons (Fsp3) is 0.0714. The van der Waals surface area contributed by atoms with Crippen molar-refractivity contribution in [3.63, 3.8) is 0 Å². The van der Waals surface area contributed by atoms with Crippen molar-refractivity contribution in [2.24, 2.45) is 0 Å². The molecule has 4 nitrogen and oxygen atoms in total. The van der Waals surface area contributed by atoms with E-state index >= 15 is 0 Å². The minimum Gasteiger partial charge on any atom is -0.338 e. The minimum absolute atomic E-state index is 0.0644. The summed E-state index contributed by atoms with van der Waals surface area (Å²) in [6.45, 7) is 1.83. The van der Waals surface area contributed by atoms with Crippen molar-refractivity contribution >= 4 is 27.7 Å². The van der Waals surface area contributed by atoms with Gasteiger partial charge in [-0.3, -0.25) is 0 Å². The molecular weight excluding hydrogens is 300 g/mol. The third kappa shape index (κ3) is 3.37. The van der Waals surface area contributed by atoms with E-state index in [2.05, 4.69) is 4.18 Å². The Morgan fingerprint density at radius 2 is 1.55 bits per heavy atom. The lowest BCUT2D eigenvalue weighted by Crippen LogP contribution is -2.13. The second-order valence-electron chi connectivity index (χ2n) is 4.14. The monoisotopic (exact) mass is 310 g/mol. The molecule has 104 valence electrons. The molecule has 0 amide bonds. The standard InChI is InChI=1S/C14H11ClO4S/c1-10-2-8-13(9-3-10)20(17,18)19-14(16)11-4-6-12(15)7-5-11/h2-9H,1H3. The van der Waals surface area contributed by atoms with Crippen molar-refractivity contribution < 1.29 is 17.4 Å². The molecule has 0 saturated heterocycles. The van der Waals surface area contributed by atoms with Gasteiger partial charge in [0.1, 0.15) is 4.90 Å². The lowest BCUT2D eigenvalue weighted by atomic mass is 10.2. The minimum atomic E-state index is -4.12. The Morgan fingerprint density at radius 1 is 1.00 bits per heavy atom. The zero-order chi connectivity index (χ0) is 14.8. The van der Waals surface area contributed by atoms with Gasteiger partial charge in [0.2, 0.25) is 0 Å². The van der Waals surface area contributed by atoms with Crippen LogP contribution in [0.15, 0.2) is 53.4 Å². The summed E-state index contributed by atoms with van der Waals surface area (Å²) in [5.41, 5.74) is 1.03. The molecule has 0 N–H and O–H groups in total. The van der Waals surface area contributed by atoms with Crippen LogP contribution in [0.25, 0.3) is 0 Å². The highest BCUT2D eigenvalue weighted by molar-refractivity contribution is 7.87. The number of hydrogen-bond acceptors (Lipinski definition) is 4. The van der Waals surface area contributed by atoms with Crippen molar-refractivity contribution in [1.29, 1.82) is 0 Å². The van der Waals surface area contributed by atoms with E-state index in [1.165, 1.54) is 36.4 Å². The predicted molar refractivity (Wildman–Crippen MR) is 75.2 cm³/mol. The van der Waals surface area contributed by atoms with Crippen LogP contribution in [-0.2, 0) is 14.3 Å². The van der Waals surface area contributed by atoms with Crippen LogP contribution in [0.4, 0.5) is 0 Å². The molecular formula is C14H11ClO4S. The maximum absolute atomic E-state index is 11.9. The van der Waals surface area contributed by atoms with Gasteiger partial charge in [0.25, 0.3) is 0 Å². The highest BCUT2D eigenvalue weighted by Crippen LogP contribution is 2.16. The molecule has 2 rings (SSSR count).